The SMILES string of the molecule is CCc1ccc(C(=O)NC(=S)Nc2ccc(NC(=O)CCCCN(C)C)cc2)cc1. The molecule has 0 fully saturated rings. The maximum atomic E-state index is 12.3. The molecule has 0 saturated heterocycles. The van der Waals surface area contributed by atoms with Crippen LogP contribution in [0.3, 0.4) is 0 Å². The highest BCUT2D eigenvalue weighted by atomic mass is 32.1. The van der Waals surface area contributed by atoms with Gasteiger partial charge in [0.1, 0.15) is 0 Å². The molecular formula is C23H30N4O2S. The predicted octanol–water partition coefficient (Wildman–Crippen LogP) is 4.05. The number of thiocarbonyl (C=S) groups is 1. The van der Waals surface area contributed by atoms with Crippen molar-refractivity contribution in [3.63, 3.8) is 0 Å². The maximum absolute atomic E-state index is 12.3. The van der Waals surface area contributed by atoms with Crippen LogP contribution in [0.25, 0.3) is 0 Å². The van der Waals surface area contributed by atoms with E-state index in [-0.39, 0.29) is 16.9 Å². The van der Waals surface area contributed by atoms with Crippen LogP contribution in [0, 0.1) is 0 Å². The van der Waals surface area contributed by atoms with E-state index in [1.54, 1.807) is 36.4 Å². The molecule has 0 radical (unpaired) electrons. The van der Waals surface area contributed by atoms with Crippen LogP contribution < -0.4 is 16.0 Å². The third kappa shape index (κ3) is 8.31. The maximum Gasteiger partial charge on any atom is 0.257 e. The van der Waals surface area contributed by atoms with Gasteiger partial charge in [0.15, 0.2) is 5.11 Å². The lowest BCUT2D eigenvalue weighted by atomic mass is 10.1. The Kier molecular flexibility index (Phi) is 9.44. The molecule has 0 heterocycles. The lowest BCUT2D eigenvalue weighted by Crippen LogP contribution is -2.34. The van der Waals surface area contributed by atoms with Crippen LogP contribution in [0.4, 0.5) is 11.4 Å². The van der Waals surface area contributed by atoms with Crippen molar-refractivity contribution in [2.24, 2.45) is 0 Å². The monoisotopic (exact) mass is 426 g/mol. The molecule has 0 bridgehead atoms. The Morgan fingerprint density at radius 3 is 2.07 bits per heavy atom. The van der Waals surface area contributed by atoms with Crippen molar-refractivity contribution in [1.29, 1.82) is 0 Å². The van der Waals surface area contributed by atoms with Gasteiger partial charge in [-0.25, -0.2) is 0 Å². The summed E-state index contributed by atoms with van der Waals surface area (Å²) in [5.41, 5.74) is 3.18. The first-order chi connectivity index (χ1) is 14.4. The van der Waals surface area contributed by atoms with Gasteiger partial charge >= 0.3 is 0 Å². The van der Waals surface area contributed by atoms with Gasteiger partial charge in [0.2, 0.25) is 5.91 Å². The summed E-state index contributed by atoms with van der Waals surface area (Å²) in [6.07, 6.45) is 3.28. The molecular weight excluding hydrogens is 396 g/mol. The fraction of sp³-hybridized carbons (Fsp3) is 0.348. The molecule has 160 valence electrons. The van der Waals surface area contributed by atoms with Gasteiger partial charge in [-0.05, 0) is 94.1 Å². The minimum Gasteiger partial charge on any atom is -0.332 e. The summed E-state index contributed by atoms with van der Waals surface area (Å²) in [6, 6.07) is 14.6. The topological polar surface area (TPSA) is 73.5 Å². The minimum atomic E-state index is -0.256. The van der Waals surface area contributed by atoms with Crippen molar-refractivity contribution in [2.45, 2.75) is 32.6 Å². The van der Waals surface area contributed by atoms with Gasteiger partial charge in [-0.3, -0.25) is 14.9 Å². The van der Waals surface area contributed by atoms with Crippen molar-refractivity contribution in [3.8, 4) is 0 Å². The molecule has 0 aliphatic heterocycles. The van der Waals surface area contributed by atoms with Gasteiger partial charge < -0.3 is 15.5 Å². The lowest BCUT2D eigenvalue weighted by molar-refractivity contribution is -0.116. The lowest BCUT2D eigenvalue weighted by Gasteiger charge is -2.11. The first kappa shape index (κ1) is 23.5. The average molecular weight is 427 g/mol. The Labute approximate surface area is 184 Å². The van der Waals surface area contributed by atoms with Crippen molar-refractivity contribution in [3.05, 3.63) is 59.7 Å². The zero-order chi connectivity index (χ0) is 21.9. The van der Waals surface area contributed by atoms with Crippen molar-refractivity contribution in [1.82, 2.24) is 10.2 Å². The number of nitrogens with zero attached hydrogens (tertiary/aromatic N) is 1. The number of rotatable bonds is 9. The molecule has 0 aliphatic carbocycles. The summed E-state index contributed by atoms with van der Waals surface area (Å²) in [7, 11) is 4.05. The largest absolute Gasteiger partial charge is 0.332 e. The van der Waals surface area contributed by atoms with E-state index in [1.807, 2.05) is 26.2 Å². The second-order valence-corrected chi connectivity index (χ2v) is 7.75. The number of hydrogen-bond donors (Lipinski definition) is 3. The van der Waals surface area contributed by atoms with Gasteiger partial charge in [0.05, 0.1) is 0 Å². The van der Waals surface area contributed by atoms with Crippen molar-refractivity contribution < 1.29 is 9.59 Å². The quantitative estimate of drug-likeness (QED) is 0.417. The van der Waals surface area contributed by atoms with Gasteiger partial charge in [0, 0.05) is 23.4 Å². The van der Waals surface area contributed by atoms with E-state index in [9.17, 15) is 9.59 Å². The van der Waals surface area contributed by atoms with E-state index in [0.29, 0.717) is 12.0 Å². The first-order valence-corrected chi connectivity index (χ1v) is 10.5. The van der Waals surface area contributed by atoms with E-state index < -0.39 is 0 Å². The number of carbonyl (C=O) groups excluding carboxylic acids is 2. The fourth-order valence-electron chi connectivity index (χ4n) is 2.80. The van der Waals surface area contributed by atoms with Crippen molar-refractivity contribution >= 4 is 40.5 Å². The Morgan fingerprint density at radius 1 is 0.900 bits per heavy atom. The molecule has 6 nitrogen and oxygen atoms in total. The van der Waals surface area contributed by atoms with E-state index in [0.717, 1.165) is 37.2 Å². The smallest absolute Gasteiger partial charge is 0.257 e. The van der Waals surface area contributed by atoms with E-state index in [1.165, 1.54) is 5.56 Å². The van der Waals surface area contributed by atoms with E-state index in [4.69, 9.17) is 12.2 Å². The van der Waals surface area contributed by atoms with Crippen LogP contribution >= 0.6 is 12.2 Å². The summed E-state index contributed by atoms with van der Waals surface area (Å²) >= 11 is 5.22. The van der Waals surface area contributed by atoms with Crippen LogP contribution in [0.1, 0.15) is 42.1 Å². The number of anilines is 2. The number of hydrogen-bond acceptors (Lipinski definition) is 4. The van der Waals surface area contributed by atoms with E-state index in [2.05, 4.69) is 27.8 Å². The highest BCUT2D eigenvalue weighted by Crippen LogP contribution is 2.14. The number of aryl methyl sites for hydroxylation is 1. The summed E-state index contributed by atoms with van der Waals surface area (Å²) < 4.78 is 0. The molecule has 0 aliphatic rings. The summed E-state index contributed by atoms with van der Waals surface area (Å²) in [5.74, 6) is -0.250. The molecule has 2 aromatic rings. The number of nitrogens with one attached hydrogen (secondary N) is 3. The van der Waals surface area contributed by atoms with E-state index >= 15 is 0 Å². The second-order valence-electron chi connectivity index (χ2n) is 7.34. The third-order valence-corrected chi connectivity index (χ3v) is 4.74. The molecule has 0 spiro atoms. The Morgan fingerprint density at radius 2 is 1.50 bits per heavy atom. The Balaban J connectivity index is 1.78. The van der Waals surface area contributed by atoms with Gasteiger partial charge in [0.25, 0.3) is 5.91 Å². The Hall–Kier alpha value is -2.77. The number of unbranched alkanes of at least 4 members (excludes halogenated alkanes) is 1. The molecule has 0 atom stereocenters. The molecule has 3 N–H and O–H groups in total. The normalized spacial score (nSPS) is 10.5. The van der Waals surface area contributed by atoms with Gasteiger partial charge in [-0.2, -0.15) is 0 Å². The van der Waals surface area contributed by atoms with Gasteiger partial charge in [-0.1, -0.05) is 19.1 Å². The average Bonchev–Trinajstić information content (AvgIpc) is 2.72. The second kappa shape index (κ2) is 12.0. The van der Waals surface area contributed by atoms with Crippen LogP contribution in [0.2, 0.25) is 0 Å². The molecule has 2 rings (SSSR count). The molecule has 7 heteroatoms. The molecule has 2 aromatic carbocycles. The summed E-state index contributed by atoms with van der Waals surface area (Å²) in [4.78, 5) is 26.4. The summed E-state index contributed by atoms with van der Waals surface area (Å²) in [5, 5.41) is 8.76. The predicted molar refractivity (Wildman–Crippen MR) is 127 cm³/mol. The van der Waals surface area contributed by atoms with Crippen LogP contribution in [-0.2, 0) is 11.2 Å². The third-order valence-electron chi connectivity index (χ3n) is 4.54. The fourth-order valence-corrected chi connectivity index (χ4v) is 3.01. The standard InChI is InChI=1S/C23H30N4O2S/c1-4-17-8-10-18(11-9-17)22(29)26-23(30)25-20-14-12-19(13-15-20)24-21(28)7-5-6-16-27(2)3/h8-15H,4-7,16H2,1-3H3,(H,24,28)(H2,25,26,29,30). The van der Waals surface area contributed by atoms with Crippen molar-refractivity contribution in [2.75, 3.05) is 31.3 Å². The van der Waals surface area contributed by atoms with Crippen LogP contribution in [-0.4, -0.2) is 42.5 Å². The zero-order valence-corrected chi connectivity index (χ0v) is 18.6. The molecule has 0 saturated carbocycles. The number of carbonyl (C=O) groups is 2. The minimum absolute atomic E-state index is 0.00587. The number of benzene rings is 2. The van der Waals surface area contributed by atoms with Crippen LogP contribution in [0.15, 0.2) is 48.5 Å². The molecule has 30 heavy (non-hydrogen) atoms. The molecule has 0 aromatic heterocycles. The first-order valence-electron chi connectivity index (χ1n) is 10.1. The van der Waals surface area contributed by atoms with Gasteiger partial charge in [-0.15, -0.1) is 0 Å². The molecule has 2 amide bonds. The molecule has 0 unspecified atom stereocenters. The zero-order valence-electron chi connectivity index (χ0n) is 17.8. The van der Waals surface area contributed by atoms with Crippen LogP contribution in [0.5, 0.6) is 0 Å². The Bertz CT molecular complexity index is 849. The summed E-state index contributed by atoms with van der Waals surface area (Å²) in [6.45, 7) is 3.05. The highest BCUT2D eigenvalue weighted by Gasteiger charge is 2.08. The number of amides is 2. The highest BCUT2D eigenvalue weighted by molar-refractivity contribution is 7.80.